The van der Waals surface area contributed by atoms with Crippen LogP contribution in [0.3, 0.4) is 0 Å². The third-order valence-electron chi connectivity index (χ3n) is 7.21. The highest BCUT2D eigenvalue weighted by molar-refractivity contribution is 7.51. The summed E-state index contributed by atoms with van der Waals surface area (Å²) < 4.78 is 64.6. The second kappa shape index (κ2) is 11.5. The smallest absolute Gasteiger partial charge is 0.462 e. The number of rotatable bonds is 10. The van der Waals surface area contributed by atoms with Crippen LogP contribution in [0.2, 0.25) is 0 Å². The van der Waals surface area contributed by atoms with Crippen molar-refractivity contribution >= 4 is 19.5 Å². The number of aliphatic carboxylic acids is 1. The van der Waals surface area contributed by atoms with Gasteiger partial charge in [0.05, 0.1) is 0 Å². The summed E-state index contributed by atoms with van der Waals surface area (Å²) in [6, 6.07) is 7.02. The van der Waals surface area contributed by atoms with Crippen LogP contribution >= 0.6 is 7.75 Å². The molecule has 220 valence electrons. The van der Waals surface area contributed by atoms with E-state index < -0.39 is 62.0 Å². The number of ether oxygens (including phenoxy) is 1. The first kappa shape index (κ1) is 30.1. The summed E-state index contributed by atoms with van der Waals surface area (Å²) in [6.07, 6.45) is -0.116. The van der Waals surface area contributed by atoms with E-state index in [1.54, 1.807) is 18.2 Å². The van der Waals surface area contributed by atoms with Gasteiger partial charge in [0.1, 0.15) is 24.2 Å². The highest BCUT2D eigenvalue weighted by Crippen LogP contribution is 2.58. The van der Waals surface area contributed by atoms with Crippen LogP contribution in [0.1, 0.15) is 52.2 Å². The number of alkyl halides is 2. The van der Waals surface area contributed by atoms with Gasteiger partial charge in [-0.15, -0.1) is 0 Å². The number of carboxylic acids is 1. The topological polar surface area (TPSA) is 166 Å². The number of carbonyl (C=O) groups is 1. The van der Waals surface area contributed by atoms with E-state index in [0.29, 0.717) is 17.4 Å². The predicted octanol–water partition coefficient (Wildman–Crippen LogP) is 3.42. The Morgan fingerprint density at radius 3 is 2.52 bits per heavy atom. The molecule has 1 saturated carbocycles. The average Bonchev–Trinajstić information content (AvgIpc) is 3.09. The minimum atomic E-state index is -4.70. The lowest BCUT2D eigenvalue weighted by Gasteiger charge is -2.40. The Bertz CT molecular complexity index is 1310. The maximum absolute atomic E-state index is 16.2. The number of para-hydroxylation sites is 1. The molecule has 2 heterocycles. The van der Waals surface area contributed by atoms with Crippen LogP contribution in [0, 0.1) is 0 Å². The summed E-state index contributed by atoms with van der Waals surface area (Å²) in [5, 5.41) is 20.5. The van der Waals surface area contributed by atoms with E-state index in [1.165, 1.54) is 25.1 Å². The molecular weight excluding hydrogens is 553 g/mol. The van der Waals surface area contributed by atoms with E-state index in [4.69, 9.17) is 19.5 Å². The third-order valence-corrected chi connectivity index (χ3v) is 9.35. The van der Waals surface area contributed by atoms with E-state index in [2.05, 4.69) is 4.98 Å². The Morgan fingerprint density at radius 2 is 1.93 bits per heavy atom. The fourth-order valence-electron chi connectivity index (χ4n) is 5.08. The quantitative estimate of drug-likeness (QED) is 0.349. The van der Waals surface area contributed by atoms with Crippen LogP contribution in [0.25, 0.3) is 0 Å². The van der Waals surface area contributed by atoms with Gasteiger partial charge >= 0.3 is 19.4 Å². The minimum Gasteiger partial charge on any atom is -0.480 e. The van der Waals surface area contributed by atoms with Crippen molar-refractivity contribution in [3.63, 3.8) is 0 Å². The van der Waals surface area contributed by atoms with Crippen LogP contribution in [0.5, 0.6) is 5.75 Å². The molecule has 1 aromatic heterocycles. The lowest BCUT2D eigenvalue weighted by atomic mass is 9.95. The number of hydrogen-bond donors (Lipinski definition) is 3. The first-order valence-corrected chi connectivity index (χ1v) is 14.4. The Labute approximate surface area is 229 Å². The van der Waals surface area contributed by atoms with Gasteiger partial charge in [0.2, 0.25) is 0 Å². The average molecular weight is 587 g/mol. The number of benzene rings is 1. The van der Waals surface area contributed by atoms with E-state index >= 15 is 8.78 Å². The molecule has 2 aliphatic rings. The van der Waals surface area contributed by atoms with Gasteiger partial charge in [-0.3, -0.25) is 13.9 Å². The molecule has 4 rings (SSSR count). The molecule has 1 aliphatic carbocycles. The van der Waals surface area contributed by atoms with Crippen LogP contribution < -0.4 is 15.9 Å². The standard InChI is InChI=1S/C25H33F2N4O8P/c1-16(20(32)33)31(17-9-5-3-6-10-17)40(36,39-18-11-7-4-8-12-18)37-15-25(27)21(34)24(2,26)22(38-25)30-14-13-19(28)29-23(30)35/h4,7-8,11-14,16-17,21-22,34H,3,5-6,9-10,15H2,1-2H3,(H,32,33)(H2,28,29,35)/t16-,21-,22+,24+,25+,40+/m0/s1. The normalized spacial score (nSPS) is 29.6. The van der Waals surface area contributed by atoms with Gasteiger partial charge in [-0.1, -0.05) is 37.5 Å². The highest BCUT2D eigenvalue weighted by atomic mass is 31.2. The van der Waals surface area contributed by atoms with Crippen molar-refractivity contribution < 1.29 is 42.1 Å². The Kier molecular flexibility index (Phi) is 8.67. The second-order valence-corrected chi connectivity index (χ2v) is 12.0. The van der Waals surface area contributed by atoms with Crippen molar-refractivity contribution in [1.82, 2.24) is 14.2 Å². The number of halogens is 2. The molecule has 0 spiro atoms. The van der Waals surface area contributed by atoms with E-state index in [-0.39, 0.29) is 11.6 Å². The van der Waals surface area contributed by atoms with Crippen LogP contribution in [-0.4, -0.2) is 66.7 Å². The summed E-state index contributed by atoms with van der Waals surface area (Å²) in [6.45, 7) is 0.816. The fourth-order valence-corrected chi connectivity index (χ4v) is 7.24. The summed E-state index contributed by atoms with van der Waals surface area (Å²) in [4.78, 5) is 27.9. The van der Waals surface area contributed by atoms with Gasteiger partial charge in [0.15, 0.2) is 18.0 Å². The maximum atomic E-state index is 16.2. The molecule has 2 aromatic rings. The van der Waals surface area contributed by atoms with E-state index in [0.717, 1.165) is 37.1 Å². The molecule has 12 nitrogen and oxygen atoms in total. The van der Waals surface area contributed by atoms with Gasteiger partial charge in [-0.05, 0) is 44.9 Å². The van der Waals surface area contributed by atoms with E-state index in [1.807, 2.05) is 0 Å². The Balaban J connectivity index is 1.69. The molecule has 6 atom stereocenters. The molecule has 1 aromatic carbocycles. The fraction of sp³-hybridized carbons (Fsp3) is 0.560. The molecule has 40 heavy (non-hydrogen) atoms. The third kappa shape index (κ3) is 5.91. The maximum Gasteiger partial charge on any atom is 0.462 e. The van der Waals surface area contributed by atoms with Gasteiger partial charge in [0, 0.05) is 12.2 Å². The number of nitrogens with zero attached hydrogens (tertiary/aromatic N) is 3. The first-order valence-electron chi connectivity index (χ1n) is 12.9. The number of carboxylic acid groups (broad SMARTS) is 1. The summed E-state index contributed by atoms with van der Waals surface area (Å²) in [5.74, 6) is -4.75. The van der Waals surface area contributed by atoms with E-state index in [9.17, 15) is 24.4 Å². The van der Waals surface area contributed by atoms with Crippen molar-refractivity contribution in [2.45, 2.75) is 81.9 Å². The number of hydrogen-bond acceptors (Lipinski definition) is 9. The Morgan fingerprint density at radius 1 is 1.27 bits per heavy atom. The number of anilines is 1. The Hall–Kier alpha value is -2.90. The van der Waals surface area contributed by atoms with Crippen LogP contribution in [-0.2, 0) is 18.6 Å². The molecule has 0 radical (unpaired) electrons. The van der Waals surface area contributed by atoms with Crippen molar-refractivity contribution in [3.8, 4) is 5.75 Å². The summed E-state index contributed by atoms with van der Waals surface area (Å²) >= 11 is 0. The zero-order valence-corrected chi connectivity index (χ0v) is 23.0. The number of aromatic nitrogens is 2. The molecule has 0 amide bonds. The highest BCUT2D eigenvalue weighted by Gasteiger charge is 2.65. The number of aliphatic hydroxyl groups is 1. The zero-order chi connectivity index (χ0) is 29.3. The minimum absolute atomic E-state index is 0.0535. The van der Waals surface area contributed by atoms with Crippen molar-refractivity contribution in [2.75, 3.05) is 12.3 Å². The van der Waals surface area contributed by atoms with Crippen molar-refractivity contribution in [3.05, 3.63) is 53.1 Å². The van der Waals surface area contributed by atoms with Gasteiger partial charge in [0.25, 0.3) is 5.85 Å². The SMILES string of the molecule is C[C@@H](C(=O)O)N(C1CCCCC1)[P@@](=O)(OC[C@@]1(F)O[C@@H](n2ccc(N)nc2=O)[C@](C)(F)[C@@H]1O)Oc1ccccc1. The first-order chi connectivity index (χ1) is 18.8. The van der Waals surface area contributed by atoms with Gasteiger partial charge in [-0.2, -0.15) is 9.65 Å². The monoisotopic (exact) mass is 586 g/mol. The van der Waals surface area contributed by atoms with Crippen molar-refractivity contribution in [2.24, 2.45) is 0 Å². The summed E-state index contributed by atoms with van der Waals surface area (Å²) in [5.41, 5.74) is 1.55. The largest absolute Gasteiger partial charge is 0.480 e. The molecule has 0 bridgehead atoms. The summed E-state index contributed by atoms with van der Waals surface area (Å²) in [7, 11) is -4.70. The lowest BCUT2D eigenvalue weighted by Crippen LogP contribution is -2.49. The zero-order valence-electron chi connectivity index (χ0n) is 22.1. The molecule has 4 N–H and O–H groups in total. The van der Waals surface area contributed by atoms with Crippen molar-refractivity contribution in [1.29, 1.82) is 0 Å². The molecule has 0 unspecified atom stereocenters. The number of aliphatic hydroxyl groups excluding tert-OH is 1. The molecule has 15 heteroatoms. The molecule has 1 saturated heterocycles. The van der Waals surface area contributed by atoms with Gasteiger partial charge in [-0.25, -0.2) is 18.1 Å². The predicted molar refractivity (Wildman–Crippen MR) is 139 cm³/mol. The second-order valence-electron chi connectivity index (χ2n) is 10.2. The molecule has 1 aliphatic heterocycles. The molecular formula is C25H33F2N4O8P. The van der Waals surface area contributed by atoms with Crippen LogP contribution in [0.15, 0.2) is 47.4 Å². The number of nitrogen functional groups attached to an aromatic ring is 1. The lowest BCUT2D eigenvalue weighted by molar-refractivity contribution is -0.204. The molecule has 2 fully saturated rings. The van der Waals surface area contributed by atoms with Gasteiger partial charge < -0.3 is 25.2 Å². The van der Waals surface area contributed by atoms with Crippen LogP contribution in [0.4, 0.5) is 14.6 Å². The number of nitrogens with two attached hydrogens (primary N) is 1.